The van der Waals surface area contributed by atoms with E-state index < -0.39 is 0 Å². The highest BCUT2D eigenvalue weighted by Crippen LogP contribution is 2.12. The molecule has 0 radical (unpaired) electrons. The minimum Gasteiger partial charge on any atom is -0.351 e. The van der Waals surface area contributed by atoms with Gasteiger partial charge in [0.2, 0.25) is 0 Å². The summed E-state index contributed by atoms with van der Waals surface area (Å²) in [6, 6.07) is 0. The number of hydrogen-bond acceptors (Lipinski definition) is 2. The Kier molecular flexibility index (Phi) is 5.85. The van der Waals surface area contributed by atoms with Crippen LogP contribution in [0.1, 0.15) is 43.2 Å². The first-order valence-electron chi connectivity index (χ1n) is 6.38. The van der Waals surface area contributed by atoms with Crippen molar-refractivity contribution in [2.75, 3.05) is 6.54 Å². The average Bonchev–Trinajstić information content (AvgIpc) is 2.66. The third kappa shape index (κ3) is 4.44. The van der Waals surface area contributed by atoms with Gasteiger partial charge >= 0.3 is 0 Å². The van der Waals surface area contributed by atoms with Crippen molar-refractivity contribution in [1.82, 2.24) is 15.1 Å². The Balaban J connectivity index is 2.54. The fraction of sp³-hybridized carbons (Fsp3) is 0.692. The molecule has 0 fully saturated rings. The van der Waals surface area contributed by atoms with E-state index in [-0.39, 0.29) is 5.91 Å². The molecule has 18 heavy (non-hydrogen) atoms. The molecule has 1 N–H and O–H groups in total. The number of carbonyl (C=O) groups is 1. The summed E-state index contributed by atoms with van der Waals surface area (Å²) in [7, 11) is 1.84. The Bertz CT molecular complexity index is 401. The van der Waals surface area contributed by atoms with Crippen LogP contribution in [0.25, 0.3) is 0 Å². The molecule has 1 rings (SSSR count). The summed E-state index contributed by atoms with van der Waals surface area (Å²) in [6.45, 7) is 7.00. The number of alkyl halides is 1. The van der Waals surface area contributed by atoms with Crippen LogP contribution in [0.5, 0.6) is 0 Å². The van der Waals surface area contributed by atoms with Crippen LogP contribution in [0.4, 0.5) is 0 Å². The molecule has 4 nitrogen and oxygen atoms in total. The Labute approximate surface area is 117 Å². The van der Waals surface area contributed by atoms with Crippen LogP contribution in [0.2, 0.25) is 0 Å². The van der Waals surface area contributed by atoms with E-state index in [9.17, 15) is 4.79 Å². The summed E-state index contributed by atoms with van der Waals surface area (Å²) >= 11 is 3.58. The van der Waals surface area contributed by atoms with Gasteiger partial charge in [0, 0.05) is 24.6 Å². The van der Waals surface area contributed by atoms with Gasteiger partial charge in [-0.15, -0.1) is 0 Å². The summed E-state index contributed by atoms with van der Waals surface area (Å²) < 4.78 is 1.69. The SMILES string of the molecule is CCc1nn(C)cc1C(=O)NCC(Br)CC(C)C. The van der Waals surface area contributed by atoms with Gasteiger partial charge < -0.3 is 5.32 Å². The highest BCUT2D eigenvalue weighted by molar-refractivity contribution is 9.09. The van der Waals surface area contributed by atoms with Crippen LogP contribution in [0.15, 0.2) is 6.20 Å². The van der Waals surface area contributed by atoms with E-state index in [1.54, 1.807) is 10.9 Å². The standard InChI is InChI=1S/C13H22BrN3O/c1-5-12-11(8-17(4)16-12)13(18)15-7-10(14)6-9(2)3/h8-10H,5-7H2,1-4H3,(H,15,18). The molecule has 1 amide bonds. The second-order valence-corrected chi connectivity index (χ2v) is 6.25. The van der Waals surface area contributed by atoms with Crippen molar-refractivity contribution in [3.63, 3.8) is 0 Å². The van der Waals surface area contributed by atoms with Crippen molar-refractivity contribution in [3.05, 3.63) is 17.5 Å². The van der Waals surface area contributed by atoms with Gasteiger partial charge in [0.05, 0.1) is 11.3 Å². The number of aromatic nitrogens is 2. The largest absolute Gasteiger partial charge is 0.351 e. The second-order valence-electron chi connectivity index (χ2n) is 4.95. The van der Waals surface area contributed by atoms with Crippen molar-refractivity contribution < 1.29 is 4.79 Å². The van der Waals surface area contributed by atoms with E-state index in [1.165, 1.54) is 0 Å². The molecule has 0 aliphatic carbocycles. The van der Waals surface area contributed by atoms with E-state index in [4.69, 9.17) is 0 Å². The molecule has 0 spiro atoms. The summed E-state index contributed by atoms with van der Waals surface area (Å²) in [5.41, 5.74) is 1.54. The lowest BCUT2D eigenvalue weighted by atomic mass is 10.1. The zero-order valence-electron chi connectivity index (χ0n) is 11.5. The average molecular weight is 316 g/mol. The van der Waals surface area contributed by atoms with Gasteiger partial charge in [0.1, 0.15) is 0 Å². The Hall–Kier alpha value is -0.840. The first-order valence-corrected chi connectivity index (χ1v) is 7.30. The highest BCUT2D eigenvalue weighted by atomic mass is 79.9. The molecule has 0 saturated carbocycles. The maximum Gasteiger partial charge on any atom is 0.254 e. The van der Waals surface area contributed by atoms with E-state index in [2.05, 4.69) is 40.2 Å². The first kappa shape index (κ1) is 15.2. The zero-order valence-corrected chi connectivity index (χ0v) is 13.1. The Morgan fingerprint density at radius 1 is 1.56 bits per heavy atom. The smallest absolute Gasteiger partial charge is 0.254 e. The van der Waals surface area contributed by atoms with Gasteiger partial charge in [-0.05, 0) is 18.8 Å². The van der Waals surface area contributed by atoms with E-state index in [0.717, 1.165) is 18.5 Å². The molecule has 0 aromatic carbocycles. The molecule has 5 heteroatoms. The lowest BCUT2D eigenvalue weighted by Gasteiger charge is -2.13. The maximum absolute atomic E-state index is 12.0. The summed E-state index contributed by atoms with van der Waals surface area (Å²) in [6.07, 6.45) is 3.60. The van der Waals surface area contributed by atoms with Crippen LogP contribution in [0, 0.1) is 5.92 Å². The minimum atomic E-state index is -0.0341. The number of carbonyl (C=O) groups excluding carboxylic acids is 1. The molecule has 1 aromatic rings. The summed E-state index contributed by atoms with van der Waals surface area (Å²) in [4.78, 5) is 12.4. The molecule has 102 valence electrons. The van der Waals surface area contributed by atoms with Gasteiger partial charge in [-0.3, -0.25) is 9.48 Å². The summed E-state index contributed by atoms with van der Waals surface area (Å²) in [5, 5.41) is 7.22. The third-order valence-electron chi connectivity index (χ3n) is 2.70. The lowest BCUT2D eigenvalue weighted by molar-refractivity contribution is 0.0952. The molecule has 0 aliphatic heterocycles. The fourth-order valence-corrected chi connectivity index (χ4v) is 2.79. The highest BCUT2D eigenvalue weighted by Gasteiger charge is 2.15. The number of hydrogen-bond donors (Lipinski definition) is 1. The van der Waals surface area contributed by atoms with Gasteiger partial charge in [-0.2, -0.15) is 5.10 Å². The maximum atomic E-state index is 12.0. The van der Waals surface area contributed by atoms with E-state index in [1.807, 2.05) is 14.0 Å². The van der Waals surface area contributed by atoms with Gasteiger partial charge in [-0.25, -0.2) is 0 Å². The molecule has 0 bridgehead atoms. The van der Waals surface area contributed by atoms with Crippen molar-refractivity contribution in [1.29, 1.82) is 0 Å². The zero-order chi connectivity index (χ0) is 13.7. The van der Waals surface area contributed by atoms with Crippen molar-refractivity contribution in [2.45, 2.75) is 38.4 Å². The Morgan fingerprint density at radius 2 is 2.22 bits per heavy atom. The normalized spacial score (nSPS) is 12.8. The quantitative estimate of drug-likeness (QED) is 0.820. The Morgan fingerprint density at radius 3 is 2.78 bits per heavy atom. The number of nitrogens with one attached hydrogen (secondary N) is 1. The lowest BCUT2D eigenvalue weighted by Crippen LogP contribution is -2.30. The molecular formula is C13H22BrN3O. The molecule has 1 atom stereocenters. The molecule has 1 unspecified atom stereocenters. The number of rotatable bonds is 6. The van der Waals surface area contributed by atoms with Crippen LogP contribution in [0.3, 0.4) is 0 Å². The number of amides is 1. The molecular weight excluding hydrogens is 294 g/mol. The van der Waals surface area contributed by atoms with E-state index in [0.29, 0.717) is 22.9 Å². The summed E-state index contributed by atoms with van der Waals surface area (Å²) in [5.74, 6) is 0.587. The molecule has 0 aliphatic rings. The van der Waals surface area contributed by atoms with Crippen LogP contribution >= 0.6 is 15.9 Å². The topological polar surface area (TPSA) is 46.9 Å². The first-order chi connectivity index (χ1) is 8.43. The van der Waals surface area contributed by atoms with Crippen LogP contribution in [-0.2, 0) is 13.5 Å². The van der Waals surface area contributed by atoms with Gasteiger partial charge in [-0.1, -0.05) is 36.7 Å². The van der Waals surface area contributed by atoms with Crippen LogP contribution < -0.4 is 5.32 Å². The van der Waals surface area contributed by atoms with Crippen molar-refractivity contribution >= 4 is 21.8 Å². The molecule has 1 heterocycles. The second kappa shape index (κ2) is 6.92. The fourth-order valence-electron chi connectivity index (χ4n) is 1.88. The van der Waals surface area contributed by atoms with E-state index >= 15 is 0 Å². The minimum absolute atomic E-state index is 0.0341. The number of halogens is 1. The number of nitrogens with zero attached hydrogens (tertiary/aromatic N) is 2. The number of aryl methyl sites for hydroxylation is 2. The van der Waals surface area contributed by atoms with Crippen molar-refractivity contribution in [3.8, 4) is 0 Å². The third-order valence-corrected chi connectivity index (χ3v) is 3.39. The van der Waals surface area contributed by atoms with Gasteiger partial charge in [0.15, 0.2) is 0 Å². The van der Waals surface area contributed by atoms with Crippen molar-refractivity contribution in [2.24, 2.45) is 13.0 Å². The molecule has 1 aromatic heterocycles. The predicted molar refractivity (Wildman–Crippen MR) is 77.1 cm³/mol. The molecule has 0 saturated heterocycles. The van der Waals surface area contributed by atoms with Gasteiger partial charge in [0.25, 0.3) is 5.91 Å². The predicted octanol–water partition coefficient (Wildman–Crippen LogP) is 2.52. The monoisotopic (exact) mass is 315 g/mol. The van der Waals surface area contributed by atoms with Crippen LogP contribution in [-0.4, -0.2) is 27.1 Å².